The number of amides is 2. The molecule has 2 N–H and O–H groups in total. The molecule has 6 nitrogen and oxygen atoms in total. The van der Waals surface area contributed by atoms with Crippen LogP contribution in [0.15, 0.2) is 37.1 Å². The lowest BCUT2D eigenvalue weighted by Crippen LogP contribution is -2.37. The molecule has 0 radical (unpaired) electrons. The molecule has 0 saturated carbocycles. The van der Waals surface area contributed by atoms with Gasteiger partial charge >= 0.3 is 11.8 Å². The lowest BCUT2D eigenvalue weighted by atomic mass is 10.3. The molecule has 0 fully saturated rings. The van der Waals surface area contributed by atoms with Gasteiger partial charge in [0, 0.05) is 5.69 Å². The summed E-state index contributed by atoms with van der Waals surface area (Å²) < 4.78 is 10.1. The average molecular weight is 278 g/mol. The van der Waals surface area contributed by atoms with Gasteiger partial charge in [-0.1, -0.05) is 6.58 Å². The monoisotopic (exact) mass is 278 g/mol. The summed E-state index contributed by atoms with van der Waals surface area (Å²) in [4.78, 5) is 23.0. The molecule has 0 saturated heterocycles. The molecule has 0 aliphatic carbocycles. The van der Waals surface area contributed by atoms with Gasteiger partial charge in [-0.25, -0.2) is 0 Å². The second-order valence-corrected chi connectivity index (χ2v) is 3.70. The second kappa shape index (κ2) is 8.58. The average Bonchev–Trinajstić information content (AvgIpc) is 2.45. The number of carbonyl (C=O) groups is 2. The molecule has 1 rings (SSSR count). The van der Waals surface area contributed by atoms with Crippen molar-refractivity contribution in [3.05, 3.63) is 37.1 Å². The van der Waals surface area contributed by atoms with Crippen molar-refractivity contribution >= 4 is 17.5 Å². The maximum absolute atomic E-state index is 11.6. The van der Waals surface area contributed by atoms with Crippen LogP contribution < -0.4 is 15.4 Å². The van der Waals surface area contributed by atoms with Crippen LogP contribution in [0.1, 0.15) is 6.92 Å². The van der Waals surface area contributed by atoms with Crippen molar-refractivity contribution in [2.75, 3.05) is 25.1 Å². The summed E-state index contributed by atoms with van der Waals surface area (Å²) in [6.07, 6.45) is 1.27. The minimum Gasteiger partial charge on any atom is -0.500 e. The van der Waals surface area contributed by atoms with E-state index in [1.807, 2.05) is 6.92 Å². The van der Waals surface area contributed by atoms with Gasteiger partial charge in [0.15, 0.2) is 0 Å². The Labute approximate surface area is 117 Å². The molecule has 0 aliphatic heterocycles. The zero-order valence-corrected chi connectivity index (χ0v) is 11.3. The number of anilines is 1. The van der Waals surface area contributed by atoms with Crippen LogP contribution in [0.4, 0.5) is 5.69 Å². The number of hydrogen-bond acceptors (Lipinski definition) is 4. The third-order valence-electron chi connectivity index (χ3n) is 2.25. The first-order chi connectivity index (χ1) is 9.67. The molecule has 1 aromatic rings. The Kier molecular flexibility index (Phi) is 6.67. The van der Waals surface area contributed by atoms with Gasteiger partial charge in [-0.2, -0.15) is 0 Å². The minimum atomic E-state index is -0.729. The van der Waals surface area contributed by atoms with Gasteiger partial charge < -0.3 is 20.1 Å². The Morgan fingerprint density at radius 3 is 2.55 bits per heavy atom. The number of rotatable bonds is 7. The van der Waals surface area contributed by atoms with Crippen molar-refractivity contribution < 1.29 is 19.1 Å². The van der Waals surface area contributed by atoms with Crippen LogP contribution >= 0.6 is 0 Å². The first kappa shape index (κ1) is 15.6. The molecule has 0 atom stereocenters. The van der Waals surface area contributed by atoms with Gasteiger partial charge in [0.2, 0.25) is 0 Å². The van der Waals surface area contributed by atoms with Gasteiger partial charge in [0.05, 0.1) is 19.4 Å². The van der Waals surface area contributed by atoms with Crippen LogP contribution in [-0.4, -0.2) is 31.6 Å². The Hall–Kier alpha value is -2.50. The van der Waals surface area contributed by atoms with E-state index >= 15 is 0 Å². The second-order valence-electron chi connectivity index (χ2n) is 3.70. The maximum Gasteiger partial charge on any atom is 0.313 e. The summed E-state index contributed by atoms with van der Waals surface area (Å²) in [5, 5.41) is 4.91. The molecule has 0 bridgehead atoms. The minimum absolute atomic E-state index is 0.238. The lowest BCUT2D eigenvalue weighted by Gasteiger charge is -2.07. The van der Waals surface area contributed by atoms with Crippen molar-refractivity contribution in [3.63, 3.8) is 0 Å². The topological polar surface area (TPSA) is 76.7 Å². The predicted octanol–water partition coefficient (Wildman–Crippen LogP) is 1.30. The Bertz CT molecular complexity index is 457. The predicted molar refractivity (Wildman–Crippen MR) is 75.4 cm³/mol. The zero-order valence-electron chi connectivity index (χ0n) is 11.3. The molecule has 0 heterocycles. The van der Waals surface area contributed by atoms with E-state index in [4.69, 9.17) is 9.47 Å². The Morgan fingerprint density at radius 2 is 1.95 bits per heavy atom. The molecule has 0 aliphatic rings. The van der Waals surface area contributed by atoms with Crippen LogP contribution in [0, 0.1) is 0 Å². The van der Waals surface area contributed by atoms with Gasteiger partial charge in [-0.05, 0) is 31.2 Å². The fraction of sp³-hybridized carbons (Fsp3) is 0.286. The van der Waals surface area contributed by atoms with Crippen LogP contribution in [0.25, 0.3) is 0 Å². The maximum atomic E-state index is 11.6. The molecule has 6 heteroatoms. The summed E-state index contributed by atoms with van der Waals surface area (Å²) >= 11 is 0. The highest BCUT2D eigenvalue weighted by Crippen LogP contribution is 2.15. The molecule has 0 spiro atoms. The summed E-state index contributed by atoms with van der Waals surface area (Å²) in [6, 6.07) is 6.76. The molecule has 108 valence electrons. The van der Waals surface area contributed by atoms with E-state index in [2.05, 4.69) is 17.2 Å². The molecular weight excluding hydrogens is 260 g/mol. The lowest BCUT2D eigenvalue weighted by molar-refractivity contribution is -0.136. The van der Waals surface area contributed by atoms with Crippen LogP contribution in [0.3, 0.4) is 0 Å². The van der Waals surface area contributed by atoms with Crippen molar-refractivity contribution in [3.8, 4) is 5.75 Å². The quantitative estimate of drug-likeness (QED) is 0.448. The fourth-order valence-electron chi connectivity index (χ4n) is 1.38. The largest absolute Gasteiger partial charge is 0.500 e. The van der Waals surface area contributed by atoms with E-state index in [9.17, 15) is 9.59 Å². The van der Waals surface area contributed by atoms with E-state index in [0.717, 1.165) is 0 Å². The first-order valence-electron chi connectivity index (χ1n) is 6.22. The summed E-state index contributed by atoms with van der Waals surface area (Å²) in [6.45, 7) is 6.33. The molecule has 1 aromatic carbocycles. The van der Waals surface area contributed by atoms with Gasteiger partial charge in [0.1, 0.15) is 12.4 Å². The van der Waals surface area contributed by atoms with Crippen molar-refractivity contribution in [2.24, 2.45) is 0 Å². The summed E-state index contributed by atoms with van der Waals surface area (Å²) in [5.74, 6) is -0.740. The van der Waals surface area contributed by atoms with Crippen LogP contribution in [-0.2, 0) is 14.3 Å². The number of ether oxygens (including phenoxy) is 2. The molecule has 0 unspecified atom stereocenters. The first-order valence-corrected chi connectivity index (χ1v) is 6.22. The van der Waals surface area contributed by atoms with Gasteiger partial charge in [-0.15, -0.1) is 0 Å². The summed E-state index contributed by atoms with van der Waals surface area (Å²) in [7, 11) is 0. The highest BCUT2D eigenvalue weighted by molar-refractivity contribution is 6.39. The molecule has 0 aromatic heterocycles. The number of carbonyl (C=O) groups excluding carboxylic acids is 2. The number of nitrogens with one attached hydrogen (secondary N) is 2. The number of benzene rings is 1. The van der Waals surface area contributed by atoms with E-state index in [-0.39, 0.29) is 13.2 Å². The van der Waals surface area contributed by atoms with Crippen LogP contribution in [0.2, 0.25) is 0 Å². The molecule has 2 amide bonds. The van der Waals surface area contributed by atoms with Crippen molar-refractivity contribution in [2.45, 2.75) is 6.92 Å². The third kappa shape index (κ3) is 5.43. The van der Waals surface area contributed by atoms with E-state index in [1.54, 1.807) is 24.3 Å². The normalized spacial score (nSPS) is 9.45. The van der Waals surface area contributed by atoms with Crippen molar-refractivity contribution in [1.29, 1.82) is 0 Å². The summed E-state index contributed by atoms with van der Waals surface area (Å²) in [5.41, 5.74) is 0.524. The SMILES string of the molecule is C=COCCNC(=O)C(=O)Nc1ccc(OCC)cc1. The van der Waals surface area contributed by atoms with E-state index in [1.165, 1.54) is 6.26 Å². The zero-order chi connectivity index (χ0) is 14.8. The Balaban J connectivity index is 2.40. The van der Waals surface area contributed by atoms with Gasteiger partial charge in [0.25, 0.3) is 0 Å². The Morgan fingerprint density at radius 1 is 1.25 bits per heavy atom. The highest BCUT2D eigenvalue weighted by atomic mass is 16.5. The van der Waals surface area contributed by atoms with Crippen molar-refractivity contribution in [1.82, 2.24) is 5.32 Å². The van der Waals surface area contributed by atoms with Crippen LogP contribution in [0.5, 0.6) is 5.75 Å². The molecular formula is C14H18N2O4. The number of hydrogen-bond donors (Lipinski definition) is 2. The smallest absolute Gasteiger partial charge is 0.313 e. The fourth-order valence-corrected chi connectivity index (χ4v) is 1.38. The third-order valence-corrected chi connectivity index (χ3v) is 2.25. The highest BCUT2D eigenvalue weighted by Gasteiger charge is 2.12. The van der Waals surface area contributed by atoms with Gasteiger partial charge in [-0.3, -0.25) is 9.59 Å². The van der Waals surface area contributed by atoms with E-state index < -0.39 is 11.8 Å². The molecule has 20 heavy (non-hydrogen) atoms. The standard InChI is InChI=1S/C14H18N2O4/c1-3-19-10-9-15-13(17)14(18)16-11-5-7-12(8-6-11)20-4-2/h3,5-8H,1,4,9-10H2,2H3,(H,15,17)(H,16,18). The van der Waals surface area contributed by atoms with E-state index in [0.29, 0.717) is 18.0 Å².